The lowest BCUT2D eigenvalue weighted by molar-refractivity contribution is -0.116. The topological polar surface area (TPSA) is 141 Å². The van der Waals surface area contributed by atoms with E-state index in [1.165, 1.54) is 18.2 Å². The van der Waals surface area contributed by atoms with Crippen molar-refractivity contribution in [3.05, 3.63) is 30.3 Å². The van der Waals surface area contributed by atoms with Gasteiger partial charge in [0.25, 0.3) is 26.1 Å². The maximum Gasteiger partial charge on any atom is 0.295 e. The Kier molecular flexibility index (Phi) is 3.91. The maximum atomic E-state index is 11.9. The van der Waals surface area contributed by atoms with Crippen LogP contribution in [0.4, 0.5) is 5.69 Å². The molecule has 1 amide bonds. The van der Waals surface area contributed by atoms with Crippen LogP contribution >= 0.6 is 0 Å². The summed E-state index contributed by atoms with van der Waals surface area (Å²) >= 11 is 0. The summed E-state index contributed by atoms with van der Waals surface area (Å²) in [4.78, 5) is 10.5. The Morgan fingerprint density at radius 3 is 2.24 bits per heavy atom. The smallest absolute Gasteiger partial charge is 0.282 e. The molecule has 0 unspecified atom stereocenters. The minimum Gasteiger partial charge on any atom is -0.282 e. The molecule has 0 atom stereocenters. The van der Waals surface area contributed by atoms with Gasteiger partial charge in [-0.05, 0) is 36.6 Å². The summed E-state index contributed by atoms with van der Waals surface area (Å²) in [5.41, 5.74) is 0.888. The van der Waals surface area contributed by atoms with Gasteiger partial charge in [0.15, 0.2) is 0 Å². The minimum absolute atomic E-state index is 0.0333. The van der Waals surface area contributed by atoms with Gasteiger partial charge in [-0.1, -0.05) is 6.07 Å². The molecule has 0 aromatic heterocycles. The molecule has 0 spiro atoms. The molecule has 0 bridgehead atoms. The van der Waals surface area contributed by atoms with Crippen molar-refractivity contribution in [2.24, 2.45) is 5.10 Å². The fraction of sp³-hybridized carbons (Fsp3) is 0.143. The van der Waals surface area contributed by atoms with Gasteiger partial charge in [-0.2, -0.15) is 21.9 Å². The molecule has 1 aliphatic rings. The zero-order valence-electron chi connectivity index (χ0n) is 12.7. The third-order valence-corrected chi connectivity index (χ3v) is 5.33. The summed E-state index contributed by atoms with van der Waals surface area (Å²) in [6.07, 6.45) is 0.138. The van der Waals surface area contributed by atoms with E-state index in [0.29, 0.717) is 17.5 Å². The van der Waals surface area contributed by atoms with Crippen molar-refractivity contribution >= 4 is 48.3 Å². The lowest BCUT2D eigenvalue weighted by Gasteiger charge is -2.14. The lowest BCUT2D eigenvalue weighted by atomic mass is 10.1. The molecule has 0 saturated heterocycles. The SMILES string of the molecule is CC1=NN(c2ccc3c(S(=O)(=O)O)cc(S(=O)(=O)O)cc3c2)C(=O)C1. The van der Waals surface area contributed by atoms with Crippen LogP contribution in [0, 0.1) is 0 Å². The first kappa shape index (κ1) is 17.5. The molecule has 9 nitrogen and oxygen atoms in total. The van der Waals surface area contributed by atoms with Crippen molar-refractivity contribution in [1.82, 2.24) is 0 Å². The molecule has 1 heterocycles. The maximum absolute atomic E-state index is 11.9. The Labute approximate surface area is 143 Å². The van der Waals surface area contributed by atoms with Gasteiger partial charge in [0, 0.05) is 11.1 Å². The van der Waals surface area contributed by atoms with Crippen LogP contribution in [0.2, 0.25) is 0 Å². The summed E-state index contributed by atoms with van der Waals surface area (Å²) in [6.45, 7) is 1.67. The number of hydrazone groups is 1. The van der Waals surface area contributed by atoms with Gasteiger partial charge >= 0.3 is 0 Å². The number of nitrogens with zero attached hydrogens (tertiary/aromatic N) is 2. The highest BCUT2D eigenvalue weighted by Crippen LogP contribution is 2.31. The summed E-state index contributed by atoms with van der Waals surface area (Å²) in [5, 5.41) is 5.29. The van der Waals surface area contributed by atoms with Gasteiger partial charge in [-0.15, -0.1) is 0 Å². The van der Waals surface area contributed by atoms with Crippen LogP contribution in [-0.2, 0) is 25.0 Å². The molecule has 1 aliphatic heterocycles. The number of carbonyl (C=O) groups excluding carboxylic acids is 1. The van der Waals surface area contributed by atoms with E-state index in [2.05, 4.69) is 5.10 Å². The van der Waals surface area contributed by atoms with Gasteiger partial charge in [-0.3, -0.25) is 13.9 Å². The molecule has 0 fully saturated rings. The largest absolute Gasteiger partial charge is 0.295 e. The van der Waals surface area contributed by atoms with Crippen LogP contribution < -0.4 is 5.01 Å². The molecule has 11 heteroatoms. The second-order valence-corrected chi connectivity index (χ2v) is 8.31. The number of carbonyl (C=O) groups is 1. The predicted octanol–water partition coefficient (Wildman–Crippen LogP) is 1.45. The predicted molar refractivity (Wildman–Crippen MR) is 88.8 cm³/mol. The zero-order chi connectivity index (χ0) is 18.6. The van der Waals surface area contributed by atoms with Gasteiger partial charge in [-0.25, -0.2) is 5.01 Å². The number of amides is 1. The van der Waals surface area contributed by atoms with Gasteiger partial charge in [0.05, 0.1) is 17.0 Å². The summed E-state index contributed by atoms with van der Waals surface area (Å²) in [7, 11) is -9.46. The Morgan fingerprint density at radius 1 is 1.04 bits per heavy atom. The fourth-order valence-corrected chi connectivity index (χ4v) is 3.90. The average molecular weight is 384 g/mol. The second kappa shape index (κ2) is 5.59. The Bertz CT molecular complexity index is 1150. The number of anilines is 1. The molecular formula is C14H12N2O7S2. The first-order valence-electron chi connectivity index (χ1n) is 6.86. The molecule has 2 aromatic carbocycles. The van der Waals surface area contributed by atoms with E-state index in [1.54, 1.807) is 6.92 Å². The standard InChI is InChI=1S/C14H12N2O7S2/c1-8-4-14(17)16(15-8)10-2-3-12-9(5-10)6-11(24(18,19)20)7-13(12)25(21,22)23/h2-3,5-7H,4H2,1H3,(H,18,19,20)(H,21,22,23). The van der Waals surface area contributed by atoms with Crippen LogP contribution in [0.1, 0.15) is 13.3 Å². The van der Waals surface area contributed by atoms with Gasteiger partial charge in [0.2, 0.25) is 0 Å². The van der Waals surface area contributed by atoms with E-state index in [1.807, 2.05) is 0 Å². The number of hydrogen-bond acceptors (Lipinski definition) is 6. The van der Waals surface area contributed by atoms with Gasteiger partial charge in [0.1, 0.15) is 4.90 Å². The van der Waals surface area contributed by atoms with E-state index in [4.69, 9.17) is 0 Å². The molecule has 2 N–H and O–H groups in total. The van der Waals surface area contributed by atoms with Crippen molar-refractivity contribution < 1.29 is 30.7 Å². The average Bonchev–Trinajstić information content (AvgIpc) is 2.82. The highest BCUT2D eigenvalue weighted by Gasteiger charge is 2.25. The molecule has 3 rings (SSSR count). The van der Waals surface area contributed by atoms with Crippen molar-refractivity contribution in [3.63, 3.8) is 0 Å². The molecule has 0 radical (unpaired) electrons. The van der Waals surface area contributed by atoms with Crippen LogP contribution in [0.5, 0.6) is 0 Å². The minimum atomic E-state index is -4.75. The van der Waals surface area contributed by atoms with Crippen molar-refractivity contribution in [1.29, 1.82) is 0 Å². The molecular weight excluding hydrogens is 372 g/mol. The molecule has 0 saturated carbocycles. The monoisotopic (exact) mass is 384 g/mol. The normalized spacial score (nSPS) is 15.7. The van der Waals surface area contributed by atoms with E-state index in [-0.39, 0.29) is 23.1 Å². The number of rotatable bonds is 3. The fourth-order valence-electron chi connectivity index (χ4n) is 2.55. The molecule has 25 heavy (non-hydrogen) atoms. The first-order valence-corrected chi connectivity index (χ1v) is 9.74. The second-order valence-electron chi connectivity index (χ2n) is 5.49. The molecule has 132 valence electrons. The zero-order valence-corrected chi connectivity index (χ0v) is 14.4. The highest BCUT2D eigenvalue weighted by molar-refractivity contribution is 7.86. The number of fused-ring (bicyclic) bond motifs is 1. The molecule has 0 aliphatic carbocycles. The van der Waals surface area contributed by atoms with Crippen molar-refractivity contribution in [3.8, 4) is 0 Å². The summed E-state index contributed by atoms with van der Waals surface area (Å²) in [6, 6.07) is 5.79. The highest BCUT2D eigenvalue weighted by atomic mass is 32.2. The van der Waals surface area contributed by atoms with Crippen LogP contribution in [-0.4, -0.2) is 37.6 Å². The van der Waals surface area contributed by atoms with E-state index in [9.17, 15) is 30.7 Å². The quantitative estimate of drug-likeness (QED) is 0.763. The molecule has 2 aromatic rings. The van der Waals surface area contributed by atoms with Crippen LogP contribution in [0.25, 0.3) is 10.8 Å². The van der Waals surface area contributed by atoms with Crippen molar-refractivity contribution in [2.75, 3.05) is 5.01 Å². The lowest BCUT2D eigenvalue weighted by Crippen LogP contribution is -2.19. The number of hydrogen-bond donors (Lipinski definition) is 2. The Morgan fingerprint density at radius 2 is 1.72 bits per heavy atom. The van der Waals surface area contributed by atoms with E-state index in [0.717, 1.165) is 11.1 Å². The summed E-state index contributed by atoms with van der Waals surface area (Å²) < 4.78 is 64.4. The van der Waals surface area contributed by atoms with Gasteiger partial charge < -0.3 is 0 Å². The van der Waals surface area contributed by atoms with Crippen molar-refractivity contribution in [2.45, 2.75) is 23.1 Å². The third-order valence-electron chi connectivity index (χ3n) is 3.61. The van der Waals surface area contributed by atoms with Crippen LogP contribution in [0.3, 0.4) is 0 Å². The number of benzene rings is 2. The summed E-state index contributed by atoms with van der Waals surface area (Å²) in [5.74, 6) is -0.294. The van der Waals surface area contributed by atoms with E-state index >= 15 is 0 Å². The first-order chi connectivity index (χ1) is 11.5. The van der Waals surface area contributed by atoms with Crippen LogP contribution in [0.15, 0.2) is 45.2 Å². The Hall–Kier alpha value is -2.34. The van der Waals surface area contributed by atoms with E-state index < -0.39 is 30.0 Å². The third kappa shape index (κ3) is 3.26. The Balaban J connectivity index is 2.31.